The van der Waals surface area contributed by atoms with Crippen LogP contribution in [0.15, 0.2) is 18.3 Å². The van der Waals surface area contributed by atoms with Crippen LogP contribution in [-0.4, -0.2) is 41.3 Å². The molecule has 2 N–H and O–H groups in total. The summed E-state index contributed by atoms with van der Waals surface area (Å²) < 4.78 is 11.1. The highest BCUT2D eigenvalue weighted by Crippen LogP contribution is 2.20. The fourth-order valence-corrected chi connectivity index (χ4v) is 2.29. The summed E-state index contributed by atoms with van der Waals surface area (Å²) in [7, 11) is 0. The molecule has 1 aromatic heterocycles. The van der Waals surface area contributed by atoms with Crippen LogP contribution in [0.3, 0.4) is 0 Å². The summed E-state index contributed by atoms with van der Waals surface area (Å²) in [5.41, 5.74) is 5.76. The quantitative estimate of drug-likeness (QED) is 0.929. The van der Waals surface area contributed by atoms with Gasteiger partial charge in [0, 0.05) is 19.2 Å². The van der Waals surface area contributed by atoms with E-state index in [9.17, 15) is 4.79 Å². The van der Waals surface area contributed by atoms with Gasteiger partial charge in [-0.15, -0.1) is 0 Å². The van der Waals surface area contributed by atoms with Gasteiger partial charge >= 0.3 is 6.09 Å². The molecule has 1 aromatic rings. The van der Waals surface area contributed by atoms with Crippen molar-refractivity contribution in [1.82, 2.24) is 9.88 Å². The van der Waals surface area contributed by atoms with E-state index in [0.717, 1.165) is 12.8 Å². The summed E-state index contributed by atoms with van der Waals surface area (Å²) >= 11 is 0. The lowest BCUT2D eigenvalue weighted by atomic mass is 9.98. The number of ether oxygens (including phenoxy) is 2. The number of pyridine rings is 1. The van der Waals surface area contributed by atoms with E-state index >= 15 is 0 Å². The van der Waals surface area contributed by atoms with Crippen molar-refractivity contribution in [3.05, 3.63) is 18.3 Å². The van der Waals surface area contributed by atoms with Gasteiger partial charge in [0.15, 0.2) is 0 Å². The Labute approximate surface area is 131 Å². The zero-order valence-electron chi connectivity index (χ0n) is 13.5. The number of amides is 1. The molecule has 0 bridgehead atoms. The highest BCUT2D eigenvalue weighted by Gasteiger charge is 2.27. The van der Waals surface area contributed by atoms with Gasteiger partial charge in [-0.3, -0.25) is 0 Å². The maximum absolute atomic E-state index is 12.0. The fourth-order valence-electron chi connectivity index (χ4n) is 2.29. The van der Waals surface area contributed by atoms with E-state index in [1.54, 1.807) is 23.2 Å². The molecule has 1 saturated heterocycles. The Morgan fingerprint density at radius 3 is 2.59 bits per heavy atom. The number of likely N-dealkylation sites (tertiary alicyclic amines) is 1. The largest absolute Gasteiger partial charge is 0.477 e. The Balaban J connectivity index is 1.73. The highest BCUT2D eigenvalue weighted by molar-refractivity contribution is 5.68. The predicted octanol–water partition coefficient (Wildman–Crippen LogP) is 2.69. The number of anilines is 1. The van der Waals surface area contributed by atoms with Crippen LogP contribution in [0.25, 0.3) is 0 Å². The third kappa shape index (κ3) is 5.09. The van der Waals surface area contributed by atoms with Crippen LogP contribution in [0, 0.1) is 5.92 Å². The van der Waals surface area contributed by atoms with Crippen molar-refractivity contribution < 1.29 is 14.3 Å². The van der Waals surface area contributed by atoms with Crippen LogP contribution >= 0.6 is 0 Å². The third-order valence-electron chi connectivity index (χ3n) is 3.49. The van der Waals surface area contributed by atoms with E-state index in [1.165, 1.54) is 0 Å². The third-order valence-corrected chi connectivity index (χ3v) is 3.49. The molecule has 22 heavy (non-hydrogen) atoms. The number of nitrogen functional groups attached to an aromatic ring is 1. The highest BCUT2D eigenvalue weighted by atomic mass is 16.6. The number of nitrogens with zero attached hydrogens (tertiary/aromatic N) is 2. The molecule has 1 aliphatic rings. The molecule has 6 heteroatoms. The van der Waals surface area contributed by atoms with Gasteiger partial charge in [-0.25, -0.2) is 9.78 Å². The average Bonchev–Trinajstić information content (AvgIpc) is 2.45. The topological polar surface area (TPSA) is 77.7 Å². The Bertz CT molecular complexity index is 488. The van der Waals surface area contributed by atoms with Crippen LogP contribution in [0.4, 0.5) is 10.5 Å². The predicted molar refractivity (Wildman–Crippen MR) is 84.7 cm³/mol. The van der Waals surface area contributed by atoms with Gasteiger partial charge in [0.05, 0.1) is 18.5 Å². The minimum absolute atomic E-state index is 0.230. The number of rotatable bonds is 3. The van der Waals surface area contributed by atoms with E-state index in [4.69, 9.17) is 15.2 Å². The maximum atomic E-state index is 12.0. The number of carbonyl (C=O) groups is 1. The summed E-state index contributed by atoms with van der Waals surface area (Å²) in [5, 5.41) is 0. The SMILES string of the molecule is CC(C)(C)OC(=O)N1CCC(COc2ccc(N)cn2)CC1. The van der Waals surface area contributed by atoms with Crippen LogP contribution in [0.1, 0.15) is 33.6 Å². The molecule has 0 spiro atoms. The average molecular weight is 307 g/mol. The number of piperidine rings is 1. The monoisotopic (exact) mass is 307 g/mol. The number of aromatic nitrogens is 1. The summed E-state index contributed by atoms with van der Waals surface area (Å²) in [4.78, 5) is 17.9. The Hall–Kier alpha value is -1.98. The second kappa shape index (κ2) is 6.85. The summed E-state index contributed by atoms with van der Waals surface area (Å²) in [5.74, 6) is 1.02. The van der Waals surface area contributed by atoms with Gasteiger partial charge in [-0.1, -0.05) is 0 Å². The molecule has 6 nitrogen and oxygen atoms in total. The van der Waals surface area contributed by atoms with Gasteiger partial charge < -0.3 is 20.1 Å². The molecule has 0 saturated carbocycles. The van der Waals surface area contributed by atoms with Crippen molar-refractivity contribution in [2.45, 2.75) is 39.2 Å². The Morgan fingerprint density at radius 2 is 2.05 bits per heavy atom. The van der Waals surface area contributed by atoms with Gasteiger partial charge in [0.2, 0.25) is 5.88 Å². The molecule has 0 radical (unpaired) electrons. The lowest BCUT2D eigenvalue weighted by Crippen LogP contribution is -2.42. The van der Waals surface area contributed by atoms with Crippen molar-refractivity contribution in [1.29, 1.82) is 0 Å². The molecular formula is C16H25N3O3. The van der Waals surface area contributed by atoms with Crippen molar-refractivity contribution in [2.75, 3.05) is 25.4 Å². The Morgan fingerprint density at radius 1 is 1.36 bits per heavy atom. The fraction of sp³-hybridized carbons (Fsp3) is 0.625. The number of hydrogen-bond acceptors (Lipinski definition) is 5. The summed E-state index contributed by atoms with van der Waals surface area (Å²) in [6.07, 6.45) is 3.18. The zero-order chi connectivity index (χ0) is 16.2. The molecule has 0 unspecified atom stereocenters. The van der Waals surface area contributed by atoms with Crippen LogP contribution in [0.2, 0.25) is 0 Å². The molecular weight excluding hydrogens is 282 g/mol. The first-order chi connectivity index (χ1) is 10.3. The lowest BCUT2D eigenvalue weighted by molar-refractivity contribution is 0.0164. The van der Waals surface area contributed by atoms with Gasteiger partial charge in [-0.2, -0.15) is 0 Å². The molecule has 0 aliphatic carbocycles. The first-order valence-electron chi connectivity index (χ1n) is 7.66. The van der Waals surface area contributed by atoms with Crippen molar-refractivity contribution in [3.63, 3.8) is 0 Å². The maximum Gasteiger partial charge on any atom is 0.410 e. The normalized spacial score (nSPS) is 16.4. The van der Waals surface area contributed by atoms with Crippen molar-refractivity contribution in [3.8, 4) is 5.88 Å². The van der Waals surface area contributed by atoms with Crippen molar-refractivity contribution in [2.24, 2.45) is 5.92 Å². The van der Waals surface area contributed by atoms with Crippen LogP contribution in [0.5, 0.6) is 5.88 Å². The van der Waals surface area contributed by atoms with E-state index < -0.39 is 5.60 Å². The van der Waals surface area contributed by atoms with Crippen LogP contribution < -0.4 is 10.5 Å². The lowest BCUT2D eigenvalue weighted by Gasteiger charge is -2.33. The molecule has 1 amide bonds. The van der Waals surface area contributed by atoms with Gasteiger partial charge in [0.1, 0.15) is 5.60 Å². The number of hydrogen-bond donors (Lipinski definition) is 1. The van der Waals surface area contributed by atoms with Gasteiger partial charge in [0.25, 0.3) is 0 Å². The minimum atomic E-state index is -0.447. The van der Waals surface area contributed by atoms with E-state index in [1.807, 2.05) is 20.8 Å². The Kier molecular flexibility index (Phi) is 5.11. The number of carbonyl (C=O) groups excluding carboxylic acids is 1. The summed E-state index contributed by atoms with van der Waals surface area (Å²) in [6.45, 7) is 7.66. The van der Waals surface area contributed by atoms with Gasteiger partial charge in [-0.05, 0) is 45.6 Å². The smallest absolute Gasteiger partial charge is 0.410 e. The van der Waals surface area contributed by atoms with Crippen molar-refractivity contribution >= 4 is 11.8 Å². The number of nitrogens with two attached hydrogens (primary N) is 1. The second-order valence-electron chi connectivity index (χ2n) is 6.65. The minimum Gasteiger partial charge on any atom is -0.477 e. The first kappa shape index (κ1) is 16.4. The zero-order valence-corrected chi connectivity index (χ0v) is 13.5. The molecule has 0 atom stereocenters. The molecule has 1 aliphatic heterocycles. The molecule has 2 rings (SSSR count). The molecule has 2 heterocycles. The molecule has 122 valence electrons. The van der Waals surface area contributed by atoms with E-state index in [0.29, 0.717) is 37.2 Å². The molecule has 1 fully saturated rings. The van der Waals surface area contributed by atoms with E-state index in [-0.39, 0.29) is 6.09 Å². The summed E-state index contributed by atoms with van der Waals surface area (Å²) in [6, 6.07) is 3.54. The second-order valence-corrected chi connectivity index (χ2v) is 6.65. The van der Waals surface area contributed by atoms with Crippen LogP contribution in [-0.2, 0) is 4.74 Å². The molecule has 0 aromatic carbocycles. The van der Waals surface area contributed by atoms with E-state index in [2.05, 4.69) is 4.98 Å². The first-order valence-corrected chi connectivity index (χ1v) is 7.66. The standard InChI is InChI=1S/C16H25N3O3/c1-16(2,3)22-15(20)19-8-6-12(7-9-19)11-21-14-5-4-13(17)10-18-14/h4-5,10,12H,6-9,11,17H2,1-3H3.